The van der Waals surface area contributed by atoms with Gasteiger partial charge in [0, 0.05) is 0 Å². The predicted molar refractivity (Wildman–Crippen MR) is 59.5 cm³/mol. The fourth-order valence-corrected chi connectivity index (χ4v) is 1.64. The molecular formula is C14H12O. The van der Waals surface area contributed by atoms with Crippen molar-refractivity contribution >= 4 is 0 Å². The zero-order valence-electron chi connectivity index (χ0n) is 10.2. The highest BCUT2D eigenvalue weighted by Crippen LogP contribution is 2.50. The summed E-state index contributed by atoms with van der Waals surface area (Å²) in [7, 11) is 0. The van der Waals surface area contributed by atoms with Crippen LogP contribution in [-0.4, -0.2) is 0 Å². The van der Waals surface area contributed by atoms with Gasteiger partial charge in [-0.2, -0.15) is 0 Å². The second-order valence-corrected chi connectivity index (χ2v) is 3.49. The number of rotatable bonds is 2. The largest absolute Gasteiger partial charge is 0.359 e. The highest BCUT2D eigenvalue weighted by Gasteiger charge is 2.40. The van der Waals surface area contributed by atoms with Gasteiger partial charge in [0.05, 0.1) is 2.74 Å². The Morgan fingerprint density at radius 3 is 1.53 bits per heavy atom. The van der Waals surface area contributed by atoms with E-state index >= 15 is 0 Å². The van der Waals surface area contributed by atoms with Gasteiger partial charge in [-0.3, -0.25) is 0 Å². The van der Waals surface area contributed by atoms with E-state index in [1.807, 2.05) is 60.7 Å². The second-order valence-electron chi connectivity index (χ2n) is 3.49. The van der Waals surface area contributed by atoms with Gasteiger partial charge < -0.3 is 4.74 Å². The molecule has 1 heteroatoms. The van der Waals surface area contributed by atoms with Gasteiger partial charge in [0.25, 0.3) is 0 Å². The molecule has 0 aliphatic carbocycles. The third-order valence-corrected chi connectivity index (χ3v) is 2.44. The predicted octanol–water partition coefficient (Wildman–Crippen LogP) is 3.50. The van der Waals surface area contributed by atoms with Crippen molar-refractivity contribution in [1.29, 1.82) is 0 Å². The van der Waals surface area contributed by atoms with Gasteiger partial charge >= 0.3 is 0 Å². The summed E-state index contributed by atoms with van der Waals surface area (Å²) < 4.78 is 21.9. The average molecular weight is 198 g/mol. The molecule has 1 heterocycles. The maximum absolute atomic E-state index is 8.27. The molecular weight excluding hydrogens is 184 g/mol. The summed E-state index contributed by atoms with van der Waals surface area (Å²) in [5.41, 5.74) is 1.44. The van der Waals surface area contributed by atoms with Crippen molar-refractivity contribution in [2.24, 2.45) is 0 Å². The molecule has 1 fully saturated rings. The van der Waals surface area contributed by atoms with Crippen LogP contribution in [0, 0.1) is 0 Å². The first-order chi connectivity index (χ1) is 8.17. The smallest absolute Gasteiger partial charge is 0.114 e. The molecule has 1 aliphatic rings. The zero-order chi connectivity index (χ0) is 11.9. The van der Waals surface area contributed by atoms with E-state index in [1.54, 1.807) is 0 Å². The summed E-state index contributed by atoms with van der Waals surface area (Å²) in [6.07, 6.45) is -2.56. The van der Waals surface area contributed by atoms with E-state index in [2.05, 4.69) is 0 Å². The van der Waals surface area contributed by atoms with Crippen LogP contribution in [0.1, 0.15) is 26.0 Å². The summed E-state index contributed by atoms with van der Waals surface area (Å²) in [5, 5.41) is 0. The van der Waals surface area contributed by atoms with E-state index in [0.717, 1.165) is 11.1 Å². The van der Waals surface area contributed by atoms with Crippen LogP contribution in [0.3, 0.4) is 0 Å². The molecule has 0 aromatic heterocycles. The molecule has 3 rings (SSSR count). The van der Waals surface area contributed by atoms with Gasteiger partial charge in [0.2, 0.25) is 0 Å². The van der Waals surface area contributed by atoms with Crippen molar-refractivity contribution in [3.63, 3.8) is 0 Å². The summed E-state index contributed by atoms with van der Waals surface area (Å²) in [6, 6.07) is 18.5. The third-order valence-electron chi connectivity index (χ3n) is 2.44. The van der Waals surface area contributed by atoms with E-state index in [-0.39, 0.29) is 0 Å². The van der Waals surface area contributed by atoms with Crippen LogP contribution in [0.2, 0.25) is 0 Å². The van der Waals surface area contributed by atoms with Crippen LogP contribution in [-0.2, 0) is 4.74 Å². The fourth-order valence-electron chi connectivity index (χ4n) is 1.64. The van der Waals surface area contributed by atoms with Crippen LogP contribution in [0.25, 0.3) is 0 Å². The minimum absolute atomic E-state index is 0.721. The topological polar surface area (TPSA) is 12.5 Å². The molecule has 0 spiro atoms. The SMILES string of the molecule is [2H][C@]1(c2ccccc2)O[C@]1([2H])c1ccccc1. The van der Waals surface area contributed by atoms with E-state index in [0.29, 0.717) is 0 Å². The number of hydrogen-bond acceptors (Lipinski definition) is 1. The van der Waals surface area contributed by atoms with Gasteiger partial charge in [0.1, 0.15) is 12.2 Å². The molecule has 1 nitrogen and oxygen atoms in total. The molecule has 0 bridgehead atoms. The molecule has 2 atom stereocenters. The van der Waals surface area contributed by atoms with Gasteiger partial charge in [-0.05, 0) is 11.1 Å². The Hall–Kier alpha value is -1.60. The molecule has 2 aromatic rings. The van der Waals surface area contributed by atoms with Crippen molar-refractivity contribution < 1.29 is 7.48 Å². The van der Waals surface area contributed by atoms with E-state index in [4.69, 9.17) is 7.48 Å². The van der Waals surface area contributed by atoms with Gasteiger partial charge in [-0.25, -0.2) is 0 Å². The maximum atomic E-state index is 8.27. The monoisotopic (exact) mass is 198 g/mol. The minimum atomic E-state index is -1.28. The molecule has 0 radical (unpaired) electrons. The molecule has 2 aromatic carbocycles. The Labute approximate surface area is 92.1 Å². The number of benzene rings is 2. The summed E-state index contributed by atoms with van der Waals surface area (Å²) in [5.74, 6) is 0. The summed E-state index contributed by atoms with van der Waals surface area (Å²) >= 11 is 0. The van der Waals surface area contributed by atoms with E-state index in [1.165, 1.54) is 0 Å². The second kappa shape index (κ2) is 3.52. The highest BCUT2D eigenvalue weighted by atomic mass is 16.6. The molecule has 0 saturated carbocycles. The van der Waals surface area contributed by atoms with Crippen LogP contribution < -0.4 is 0 Å². The molecule has 0 N–H and O–H groups in total. The average Bonchev–Trinajstić information content (AvgIpc) is 2.97. The summed E-state index contributed by atoms with van der Waals surface area (Å²) in [6.45, 7) is 0. The first-order valence-electron chi connectivity index (χ1n) is 5.98. The Bertz CT molecular complexity index is 479. The minimum Gasteiger partial charge on any atom is -0.359 e. The standard InChI is InChI=1S/C14H12O/c1-3-7-11(8-4-1)13-14(15-13)12-9-5-2-6-10-12/h1-10,13-14H/t13-,14-/m1/s1/i13D,14D. The van der Waals surface area contributed by atoms with Crippen LogP contribution >= 0.6 is 0 Å². The lowest BCUT2D eigenvalue weighted by Gasteiger charge is -1.95. The van der Waals surface area contributed by atoms with Crippen LogP contribution in [0.4, 0.5) is 0 Å². The molecule has 0 unspecified atom stereocenters. The first-order valence-corrected chi connectivity index (χ1v) is 4.98. The molecule has 15 heavy (non-hydrogen) atoms. The molecule has 74 valence electrons. The first kappa shape index (κ1) is 6.81. The lowest BCUT2D eigenvalue weighted by molar-refractivity contribution is 0.377. The number of epoxide rings is 1. The molecule has 1 aliphatic heterocycles. The Balaban J connectivity index is 2.00. The van der Waals surface area contributed by atoms with Crippen molar-refractivity contribution in [2.75, 3.05) is 0 Å². The van der Waals surface area contributed by atoms with Crippen LogP contribution in [0.5, 0.6) is 0 Å². The zero-order valence-corrected chi connectivity index (χ0v) is 8.18. The summed E-state index contributed by atoms with van der Waals surface area (Å²) in [4.78, 5) is 0. The van der Waals surface area contributed by atoms with E-state index in [9.17, 15) is 0 Å². The molecule has 1 saturated heterocycles. The highest BCUT2D eigenvalue weighted by molar-refractivity contribution is 5.29. The van der Waals surface area contributed by atoms with Crippen LogP contribution in [0.15, 0.2) is 60.7 Å². The third kappa shape index (κ3) is 1.66. The van der Waals surface area contributed by atoms with Gasteiger partial charge in [-0.1, -0.05) is 60.7 Å². The number of ether oxygens (including phenoxy) is 1. The van der Waals surface area contributed by atoms with Crippen molar-refractivity contribution in [3.8, 4) is 0 Å². The van der Waals surface area contributed by atoms with E-state index < -0.39 is 12.2 Å². The lowest BCUT2D eigenvalue weighted by Crippen LogP contribution is -1.82. The Morgan fingerprint density at radius 1 is 0.733 bits per heavy atom. The van der Waals surface area contributed by atoms with Gasteiger partial charge in [0.15, 0.2) is 0 Å². The van der Waals surface area contributed by atoms with Crippen molar-refractivity contribution in [1.82, 2.24) is 0 Å². The maximum Gasteiger partial charge on any atom is 0.114 e. The molecule has 0 amide bonds. The van der Waals surface area contributed by atoms with Crippen molar-refractivity contribution in [2.45, 2.75) is 12.2 Å². The lowest BCUT2D eigenvalue weighted by atomic mass is 10.0. The number of hydrogen-bond donors (Lipinski definition) is 0. The van der Waals surface area contributed by atoms with Gasteiger partial charge in [-0.15, -0.1) is 0 Å². The van der Waals surface area contributed by atoms with Crippen molar-refractivity contribution in [3.05, 3.63) is 71.8 Å². The quantitative estimate of drug-likeness (QED) is 0.673. The normalized spacial score (nSPS) is 35.5. The Kier molecular flexibility index (Phi) is 1.60. The Morgan fingerprint density at radius 2 is 1.13 bits per heavy atom. The fraction of sp³-hybridized carbons (Fsp3) is 0.143.